The third-order valence-electron chi connectivity index (χ3n) is 3.61. The maximum absolute atomic E-state index is 11.9. The minimum atomic E-state index is -0.664. The average Bonchev–Trinajstić information content (AvgIpc) is 2.72. The summed E-state index contributed by atoms with van der Waals surface area (Å²) >= 11 is 0. The van der Waals surface area contributed by atoms with Crippen LogP contribution in [0.2, 0.25) is 0 Å². The van der Waals surface area contributed by atoms with Crippen LogP contribution in [0.15, 0.2) is 0 Å². The summed E-state index contributed by atoms with van der Waals surface area (Å²) in [5.74, 6) is -1.16. The molecule has 18 heavy (non-hydrogen) atoms. The van der Waals surface area contributed by atoms with E-state index >= 15 is 0 Å². The fourth-order valence-electron chi connectivity index (χ4n) is 2.73. The van der Waals surface area contributed by atoms with Crippen molar-refractivity contribution in [2.24, 2.45) is 0 Å². The van der Waals surface area contributed by atoms with Crippen LogP contribution in [0.4, 0.5) is 0 Å². The Morgan fingerprint density at radius 3 is 2.83 bits per heavy atom. The second kappa shape index (κ2) is 5.83. The molecule has 2 saturated heterocycles. The average molecular weight is 250 g/mol. The molecular formula is C12H18N4O2. The number of nitriles is 1. The van der Waals surface area contributed by atoms with Crippen molar-refractivity contribution in [3.63, 3.8) is 0 Å². The number of fused-ring (bicyclic) bond motifs is 1. The number of nitrogens with one attached hydrogen (secondary N) is 1. The molecule has 2 heterocycles. The Labute approximate surface area is 107 Å². The standard InChI is InChI=1S/C12H18N4O2/c13-4-5-14-11(17)12(18)16-8-2-7-15-6-1-3-10(15)9-16/h10H,1-3,5-9H2,(H,14,17). The molecule has 1 atom stereocenters. The molecule has 0 aliphatic carbocycles. The van der Waals surface area contributed by atoms with E-state index < -0.39 is 11.8 Å². The minimum absolute atomic E-state index is 0.117. The van der Waals surface area contributed by atoms with Crippen molar-refractivity contribution in [3.8, 4) is 6.07 Å². The van der Waals surface area contributed by atoms with E-state index in [2.05, 4.69) is 10.2 Å². The summed E-state index contributed by atoms with van der Waals surface area (Å²) in [6.45, 7) is 3.26. The Morgan fingerprint density at radius 1 is 1.28 bits per heavy atom. The Balaban J connectivity index is 1.93. The Hall–Kier alpha value is -1.61. The summed E-state index contributed by atoms with van der Waals surface area (Å²) in [4.78, 5) is 27.5. The van der Waals surface area contributed by atoms with Gasteiger partial charge in [0.15, 0.2) is 0 Å². The predicted molar refractivity (Wildman–Crippen MR) is 64.4 cm³/mol. The summed E-state index contributed by atoms with van der Waals surface area (Å²) in [5, 5.41) is 10.7. The predicted octanol–water partition coefficient (Wildman–Crippen LogP) is -0.677. The molecule has 2 rings (SSSR count). The van der Waals surface area contributed by atoms with Gasteiger partial charge in [0.2, 0.25) is 0 Å². The summed E-state index contributed by atoms with van der Waals surface area (Å²) < 4.78 is 0. The molecule has 0 aromatic rings. The summed E-state index contributed by atoms with van der Waals surface area (Å²) in [5.41, 5.74) is 0. The van der Waals surface area contributed by atoms with Crippen molar-refractivity contribution < 1.29 is 9.59 Å². The first kappa shape index (κ1) is 12.8. The number of carbonyl (C=O) groups excluding carboxylic acids is 2. The zero-order valence-corrected chi connectivity index (χ0v) is 10.4. The number of nitrogens with zero attached hydrogens (tertiary/aromatic N) is 3. The summed E-state index contributed by atoms with van der Waals surface area (Å²) in [6, 6.07) is 2.20. The van der Waals surface area contributed by atoms with Crippen LogP contribution < -0.4 is 5.32 Å². The van der Waals surface area contributed by atoms with Crippen LogP contribution >= 0.6 is 0 Å². The number of amides is 2. The highest BCUT2D eigenvalue weighted by Crippen LogP contribution is 2.21. The molecule has 2 amide bonds. The van der Waals surface area contributed by atoms with Crippen LogP contribution in [0.5, 0.6) is 0 Å². The molecule has 2 aliphatic rings. The quantitative estimate of drug-likeness (QED) is 0.494. The fraction of sp³-hybridized carbons (Fsp3) is 0.750. The third-order valence-corrected chi connectivity index (χ3v) is 3.61. The second-order valence-electron chi connectivity index (χ2n) is 4.78. The molecule has 0 aromatic heterocycles. The largest absolute Gasteiger partial charge is 0.335 e. The summed E-state index contributed by atoms with van der Waals surface area (Å²) in [7, 11) is 0. The van der Waals surface area contributed by atoms with Crippen molar-refractivity contribution >= 4 is 11.8 Å². The highest BCUT2D eigenvalue weighted by Gasteiger charge is 2.32. The van der Waals surface area contributed by atoms with Crippen LogP contribution in [-0.4, -0.2) is 60.4 Å². The van der Waals surface area contributed by atoms with E-state index in [-0.39, 0.29) is 6.54 Å². The highest BCUT2D eigenvalue weighted by atomic mass is 16.2. The molecule has 0 aromatic carbocycles. The lowest BCUT2D eigenvalue weighted by atomic mass is 10.2. The molecular weight excluding hydrogens is 232 g/mol. The van der Waals surface area contributed by atoms with Crippen molar-refractivity contribution in [2.75, 3.05) is 32.7 Å². The van der Waals surface area contributed by atoms with Crippen LogP contribution in [0, 0.1) is 11.3 Å². The van der Waals surface area contributed by atoms with Gasteiger partial charge in [0.25, 0.3) is 0 Å². The zero-order valence-electron chi connectivity index (χ0n) is 10.4. The zero-order chi connectivity index (χ0) is 13.0. The molecule has 6 heteroatoms. The van der Waals surface area contributed by atoms with Gasteiger partial charge in [-0.15, -0.1) is 0 Å². The highest BCUT2D eigenvalue weighted by molar-refractivity contribution is 6.35. The van der Waals surface area contributed by atoms with E-state index in [1.165, 1.54) is 6.42 Å². The molecule has 98 valence electrons. The Kier molecular flexibility index (Phi) is 4.15. The first-order valence-corrected chi connectivity index (χ1v) is 6.40. The van der Waals surface area contributed by atoms with Crippen LogP contribution in [0.1, 0.15) is 19.3 Å². The monoisotopic (exact) mass is 250 g/mol. The van der Waals surface area contributed by atoms with E-state index in [1.807, 2.05) is 0 Å². The third kappa shape index (κ3) is 2.79. The van der Waals surface area contributed by atoms with E-state index in [0.29, 0.717) is 19.1 Å². The SMILES string of the molecule is N#CCNC(=O)C(=O)N1CCCN2CCCC2C1. The van der Waals surface area contributed by atoms with Crippen molar-refractivity contribution in [1.82, 2.24) is 15.1 Å². The molecule has 0 saturated carbocycles. The number of carbonyl (C=O) groups is 2. The van der Waals surface area contributed by atoms with Crippen LogP contribution in [0.25, 0.3) is 0 Å². The lowest BCUT2D eigenvalue weighted by molar-refractivity contribution is -0.145. The van der Waals surface area contributed by atoms with E-state index in [4.69, 9.17) is 5.26 Å². The number of rotatable bonds is 1. The maximum Gasteiger partial charge on any atom is 0.311 e. The molecule has 1 N–H and O–H groups in total. The molecule has 2 aliphatic heterocycles. The van der Waals surface area contributed by atoms with Crippen molar-refractivity contribution in [1.29, 1.82) is 5.26 Å². The van der Waals surface area contributed by atoms with Gasteiger partial charge in [-0.3, -0.25) is 14.5 Å². The van der Waals surface area contributed by atoms with Gasteiger partial charge in [0.05, 0.1) is 6.07 Å². The Bertz CT molecular complexity index is 377. The molecule has 0 radical (unpaired) electrons. The first-order valence-electron chi connectivity index (χ1n) is 6.40. The van der Waals surface area contributed by atoms with Gasteiger partial charge in [-0.1, -0.05) is 0 Å². The van der Waals surface area contributed by atoms with Gasteiger partial charge in [-0.05, 0) is 25.8 Å². The van der Waals surface area contributed by atoms with E-state index in [1.54, 1.807) is 11.0 Å². The number of hydrogen-bond acceptors (Lipinski definition) is 4. The summed E-state index contributed by atoms with van der Waals surface area (Å²) in [6.07, 6.45) is 3.19. The molecule has 2 fully saturated rings. The van der Waals surface area contributed by atoms with Crippen LogP contribution in [-0.2, 0) is 9.59 Å². The maximum atomic E-state index is 11.9. The molecule has 1 unspecified atom stereocenters. The molecule has 0 spiro atoms. The van der Waals surface area contributed by atoms with E-state index in [0.717, 1.165) is 25.9 Å². The fourth-order valence-corrected chi connectivity index (χ4v) is 2.73. The van der Waals surface area contributed by atoms with Gasteiger partial charge in [0.1, 0.15) is 6.54 Å². The van der Waals surface area contributed by atoms with Crippen molar-refractivity contribution in [3.05, 3.63) is 0 Å². The van der Waals surface area contributed by atoms with Gasteiger partial charge >= 0.3 is 11.8 Å². The van der Waals surface area contributed by atoms with Gasteiger partial charge < -0.3 is 10.2 Å². The lowest BCUT2D eigenvalue weighted by Gasteiger charge is -2.25. The Morgan fingerprint density at radius 2 is 2.06 bits per heavy atom. The van der Waals surface area contributed by atoms with Gasteiger partial charge in [-0.2, -0.15) is 5.26 Å². The molecule has 0 bridgehead atoms. The van der Waals surface area contributed by atoms with Gasteiger partial charge in [0, 0.05) is 25.7 Å². The van der Waals surface area contributed by atoms with E-state index in [9.17, 15) is 9.59 Å². The second-order valence-corrected chi connectivity index (χ2v) is 4.78. The smallest absolute Gasteiger partial charge is 0.311 e. The van der Waals surface area contributed by atoms with Crippen molar-refractivity contribution in [2.45, 2.75) is 25.3 Å². The normalized spacial score (nSPS) is 23.9. The first-order chi connectivity index (χ1) is 8.72. The number of hydrogen-bond donors (Lipinski definition) is 1. The minimum Gasteiger partial charge on any atom is -0.335 e. The van der Waals surface area contributed by atoms with Crippen LogP contribution in [0.3, 0.4) is 0 Å². The van der Waals surface area contributed by atoms with Gasteiger partial charge in [-0.25, -0.2) is 0 Å². The lowest BCUT2D eigenvalue weighted by Crippen LogP contribution is -2.46. The topological polar surface area (TPSA) is 76.4 Å². The molecule has 6 nitrogen and oxygen atoms in total.